The molecule has 0 radical (unpaired) electrons. The molecule has 1 aliphatic carbocycles. The molecular formula is C12H21N3. The number of aromatic amines is 1. The summed E-state index contributed by atoms with van der Waals surface area (Å²) < 4.78 is 0. The highest BCUT2D eigenvalue weighted by molar-refractivity contribution is 4.94. The molecule has 3 nitrogen and oxygen atoms in total. The van der Waals surface area contributed by atoms with E-state index in [1.807, 2.05) is 6.20 Å². The Balaban J connectivity index is 1.65. The first-order valence-corrected chi connectivity index (χ1v) is 6.05. The van der Waals surface area contributed by atoms with Crippen molar-refractivity contribution in [2.45, 2.75) is 45.1 Å². The van der Waals surface area contributed by atoms with E-state index in [2.05, 4.69) is 22.2 Å². The summed E-state index contributed by atoms with van der Waals surface area (Å²) in [5, 5.41) is 3.64. The first-order valence-electron chi connectivity index (χ1n) is 6.05. The lowest BCUT2D eigenvalue weighted by Gasteiger charge is -2.27. The SMILES string of the molecule is CC1CCCC(NCCc2cnc[nH]2)C1. The summed E-state index contributed by atoms with van der Waals surface area (Å²) in [6.45, 7) is 3.43. The quantitative estimate of drug-likeness (QED) is 0.794. The maximum absolute atomic E-state index is 4.02. The molecule has 15 heavy (non-hydrogen) atoms. The number of hydrogen-bond donors (Lipinski definition) is 2. The van der Waals surface area contributed by atoms with Gasteiger partial charge in [0.2, 0.25) is 0 Å². The molecule has 84 valence electrons. The number of rotatable bonds is 4. The predicted molar refractivity (Wildman–Crippen MR) is 61.7 cm³/mol. The zero-order chi connectivity index (χ0) is 10.5. The van der Waals surface area contributed by atoms with Crippen molar-refractivity contribution in [2.24, 2.45) is 5.92 Å². The number of H-pyrrole nitrogens is 1. The van der Waals surface area contributed by atoms with Crippen molar-refractivity contribution < 1.29 is 0 Å². The van der Waals surface area contributed by atoms with E-state index < -0.39 is 0 Å². The normalized spacial score (nSPS) is 26.7. The molecule has 1 aliphatic rings. The average molecular weight is 207 g/mol. The molecule has 2 N–H and O–H groups in total. The van der Waals surface area contributed by atoms with Crippen LogP contribution >= 0.6 is 0 Å². The Hall–Kier alpha value is -0.830. The zero-order valence-corrected chi connectivity index (χ0v) is 9.50. The minimum Gasteiger partial charge on any atom is -0.348 e. The van der Waals surface area contributed by atoms with Gasteiger partial charge in [0.25, 0.3) is 0 Å². The van der Waals surface area contributed by atoms with E-state index in [0.29, 0.717) is 0 Å². The van der Waals surface area contributed by atoms with Gasteiger partial charge in [0.05, 0.1) is 6.33 Å². The summed E-state index contributed by atoms with van der Waals surface area (Å²) in [5.74, 6) is 0.906. The van der Waals surface area contributed by atoms with Crippen LogP contribution in [0.3, 0.4) is 0 Å². The van der Waals surface area contributed by atoms with Crippen molar-refractivity contribution in [3.63, 3.8) is 0 Å². The Morgan fingerprint density at radius 1 is 1.53 bits per heavy atom. The molecule has 0 bridgehead atoms. The van der Waals surface area contributed by atoms with E-state index in [-0.39, 0.29) is 0 Å². The van der Waals surface area contributed by atoms with Gasteiger partial charge in [0.1, 0.15) is 0 Å². The summed E-state index contributed by atoms with van der Waals surface area (Å²) in [6.07, 6.45) is 10.2. The van der Waals surface area contributed by atoms with Crippen molar-refractivity contribution in [1.29, 1.82) is 0 Å². The Labute approximate surface area is 91.7 Å². The fourth-order valence-electron chi connectivity index (χ4n) is 2.45. The standard InChI is InChI=1S/C12H21N3/c1-10-3-2-4-11(7-10)14-6-5-12-8-13-9-15-12/h8-11,14H,2-7H2,1H3,(H,13,15). The molecule has 0 amide bonds. The first kappa shape index (κ1) is 10.7. The van der Waals surface area contributed by atoms with E-state index >= 15 is 0 Å². The highest BCUT2D eigenvalue weighted by Gasteiger charge is 2.17. The van der Waals surface area contributed by atoms with E-state index in [1.54, 1.807) is 6.33 Å². The van der Waals surface area contributed by atoms with Gasteiger partial charge in [0, 0.05) is 30.9 Å². The fraction of sp³-hybridized carbons (Fsp3) is 0.750. The van der Waals surface area contributed by atoms with E-state index in [1.165, 1.54) is 31.4 Å². The summed E-state index contributed by atoms with van der Waals surface area (Å²) in [7, 11) is 0. The number of imidazole rings is 1. The second-order valence-electron chi connectivity index (χ2n) is 4.75. The molecule has 1 aromatic heterocycles. The van der Waals surface area contributed by atoms with Crippen LogP contribution in [0.2, 0.25) is 0 Å². The maximum atomic E-state index is 4.02. The molecular weight excluding hydrogens is 186 g/mol. The monoisotopic (exact) mass is 207 g/mol. The minimum atomic E-state index is 0.747. The third kappa shape index (κ3) is 3.34. The van der Waals surface area contributed by atoms with E-state index in [0.717, 1.165) is 24.9 Å². The predicted octanol–water partition coefficient (Wildman–Crippen LogP) is 2.12. The summed E-state index contributed by atoms with van der Waals surface area (Å²) in [6, 6.07) is 0.747. The van der Waals surface area contributed by atoms with Crippen LogP contribution in [0.25, 0.3) is 0 Å². The molecule has 2 rings (SSSR count). The van der Waals surface area contributed by atoms with Crippen LogP contribution in [-0.2, 0) is 6.42 Å². The topological polar surface area (TPSA) is 40.7 Å². The van der Waals surface area contributed by atoms with Crippen molar-refractivity contribution in [3.8, 4) is 0 Å². The molecule has 1 fully saturated rings. The van der Waals surface area contributed by atoms with Crippen LogP contribution in [0.4, 0.5) is 0 Å². The van der Waals surface area contributed by atoms with Gasteiger partial charge in [-0.3, -0.25) is 0 Å². The molecule has 0 saturated heterocycles. The number of aromatic nitrogens is 2. The largest absolute Gasteiger partial charge is 0.348 e. The van der Waals surface area contributed by atoms with Crippen LogP contribution in [0.1, 0.15) is 38.3 Å². The molecule has 0 aliphatic heterocycles. The Bertz CT molecular complexity index is 268. The minimum absolute atomic E-state index is 0.747. The molecule has 1 aromatic rings. The summed E-state index contributed by atoms with van der Waals surface area (Å²) in [4.78, 5) is 7.15. The third-order valence-corrected chi connectivity index (χ3v) is 3.32. The first-order chi connectivity index (χ1) is 7.34. The Kier molecular flexibility index (Phi) is 3.78. The highest BCUT2D eigenvalue weighted by atomic mass is 14.9. The van der Waals surface area contributed by atoms with Crippen molar-refractivity contribution in [2.75, 3.05) is 6.54 Å². The van der Waals surface area contributed by atoms with Gasteiger partial charge >= 0.3 is 0 Å². The molecule has 2 atom stereocenters. The maximum Gasteiger partial charge on any atom is 0.0921 e. The van der Waals surface area contributed by atoms with Crippen LogP contribution in [0, 0.1) is 5.92 Å². The number of nitrogens with one attached hydrogen (secondary N) is 2. The van der Waals surface area contributed by atoms with Gasteiger partial charge in [-0.1, -0.05) is 19.8 Å². The molecule has 0 aromatic carbocycles. The van der Waals surface area contributed by atoms with Gasteiger partial charge in [-0.25, -0.2) is 4.98 Å². The van der Waals surface area contributed by atoms with Crippen LogP contribution < -0.4 is 5.32 Å². The van der Waals surface area contributed by atoms with Crippen LogP contribution in [0.5, 0.6) is 0 Å². The van der Waals surface area contributed by atoms with E-state index in [9.17, 15) is 0 Å². The highest BCUT2D eigenvalue weighted by Crippen LogP contribution is 2.23. The second-order valence-corrected chi connectivity index (χ2v) is 4.75. The lowest BCUT2D eigenvalue weighted by Crippen LogP contribution is -2.34. The fourth-order valence-corrected chi connectivity index (χ4v) is 2.45. The van der Waals surface area contributed by atoms with Gasteiger partial charge in [-0.15, -0.1) is 0 Å². The molecule has 2 unspecified atom stereocenters. The number of nitrogens with zero attached hydrogens (tertiary/aromatic N) is 1. The van der Waals surface area contributed by atoms with Gasteiger partial charge < -0.3 is 10.3 Å². The van der Waals surface area contributed by atoms with Crippen LogP contribution in [-0.4, -0.2) is 22.6 Å². The Morgan fingerprint density at radius 3 is 3.20 bits per heavy atom. The second kappa shape index (κ2) is 5.31. The lowest BCUT2D eigenvalue weighted by molar-refractivity contribution is 0.303. The molecule has 0 spiro atoms. The van der Waals surface area contributed by atoms with Crippen molar-refractivity contribution in [1.82, 2.24) is 15.3 Å². The molecule has 3 heteroatoms. The molecule has 1 heterocycles. The third-order valence-electron chi connectivity index (χ3n) is 3.32. The van der Waals surface area contributed by atoms with Crippen molar-refractivity contribution >= 4 is 0 Å². The zero-order valence-electron chi connectivity index (χ0n) is 9.50. The van der Waals surface area contributed by atoms with Crippen LogP contribution in [0.15, 0.2) is 12.5 Å². The van der Waals surface area contributed by atoms with Gasteiger partial charge in [-0.2, -0.15) is 0 Å². The average Bonchev–Trinajstić information content (AvgIpc) is 2.71. The van der Waals surface area contributed by atoms with E-state index in [4.69, 9.17) is 0 Å². The number of hydrogen-bond acceptors (Lipinski definition) is 2. The molecule has 1 saturated carbocycles. The lowest BCUT2D eigenvalue weighted by atomic mass is 9.87. The Morgan fingerprint density at radius 2 is 2.47 bits per heavy atom. The van der Waals surface area contributed by atoms with Gasteiger partial charge in [0.15, 0.2) is 0 Å². The smallest absolute Gasteiger partial charge is 0.0921 e. The van der Waals surface area contributed by atoms with Gasteiger partial charge in [-0.05, 0) is 18.8 Å². The summed E-state index contributed by atoms with van der Waals surface area (Å²) >= 11 is 0. The summed E-state index contributed by atoms with van der Waals surface area (Å²) in [5.41, 5.74) is 1.23. The van der Waals surface area contributed by atoms with Crippen molar-refractivity contribution in [3.05, 3.63) is 18.2 Å².